The monoisotopic (exact) mass is 560 g/mol. The van der Waals surface area contributed by atoms with Gasteiger partial charge in [-0.2, -0.15) is 0 Å². The van der Waals surface area contributed by atoms with Crippen molar-refractivity contribution in [2.45, 2.75) is 95.8 Å². The SMILES string of the molecule is C/C=C/CCCCCCCOC(=O)c1ccc(S(=O)(=O)[O-])cc1C(=O)OCCCCCCC/C=C/C.[K+]. The van der Waals surface area contributed by atoms with Crippen LogP contribution in [0.1, 0.15) is 112 Å². The molecule has 0 heterocycles. The van der Waals surface area contributed by atoms with Gasteiger partial charge in [-0.15, -0.1) is 0 Å². The van der Waals surface area contributed by atoms with Crippen molar-refractivity contribution in [1.29, 1.82) is 0 Å². The van der Waals surface area contributed by atoms with Gasteiger partial charge in [0.2, 0.25) is 0 Å². The Morgan fingerprint density at radius 3 is 1.62 bits per heavy atom. The van der Waals surface area contributed by atoms with Crippen molar-refractivity contribution in [2.24, 2.45) is 0 Å². The van der Waals surface area contributed by atoms with Crippen molar-refractivity contribution < 1.29 is 83.4 Å². The summed E-state index contributed by atoms with van der Waals surface area (Å²) in [5.41, 5.74) is -0.380. The Bertz CT molecular complexity index is 955. The predicted octanol–water partition coefficient (Wildman–Crippen LogP) is 3.74. The molecule has 1 aromatic rings. The number of hydrogen-bond donors (Lipinski definition) is 0. The molecule has 0 fully saturated rings. The first kappa shape index (κ1) is 36.2. The molecule has 9 heteroatoms. The molecule has 1 rings (SSSR count). The van der Waals surface area contributed by atoms with Crippen LogP contribution in [-0.4, -0.2) is 38.1 Å². The summed E-state index contributed by atoms with van der Waals surface area (Å²) in [5.74, 6) is -1.59. The average molecular weight is 561 g/mol. The van der Waals surface area contributed by atoms with E-state index in [2.05, 4.69) is 12.2 Å². The second kappa shape index (κ2) is 22.0. The molecule has 0 amide bonds. The van der Waals surface area contributed by atoms with Crippen molar-refractivity contribution in [3.63, 3.8) is 0 Å². The average Bonchev–Trinajstić information content (AvgIpc) is 2.85. The maximum Gasteiger partial charge on any atom is 1.00 e. The van der Waals surface area contributed by atoms with Crippen LogP contribution < -0.4 is 51.4 Å². The van der Waals surface area contributed by atoms with Crippen LogP contribution in [0.2, 0.25) is 0 Å². The van der Waals surface area contributed by atoms with Gasteiger partial charge in [-0.3, -0.25) is 0 Å². The van der Waals surface area contributed by atoms with Gasteiger partial charge < -0.3 is 14.0 Å². The molecule has 0 atom stereocenters. The molecular formula is C28H41KO7S. The van der Waals surface area contributed by atoms with Crippen molar-refractivity contribution in [1.82, 2.24) is 0 Å². The van der Waals surface area contributed by atoms with Gasteiger partial charge in [-0.1, -0.05) is 62.8 Å². The van der Waals surface area contributed by atoms with Gasteiger partial charge in [0.1, 0.15) is 10.1 Å². The maximum absolute atomic E-state index is 12.6. The quantitative estimate of drug-likeness (QED) is 0.0833. The smallest absolute Gasteiger partial charge is 0.744 e. The Kier molecular flexibility index (Phi) is 21.6. The minimum Gasteiger partial charge on any atom is -0.744 e. The molecule has 0 aliphatic rings. The normalized spacial score (nSPS) is 11.5. The van der Waals surface area contributed by atoms with Crippen molar-refractivity contribution >= 4 is 22.1 Å². The largest absolute Gasteiger partial charge is 1.00 e. The molecule has 1 aromatic carbocycles. The van der Waals surface area contributed by atoms with Gasteiger partial charge in [0.25, 0.3) is 0 Å². The number of carbonyl (C=O) groups is 2. The van der Waals surface area contributed by atoms with Gasteiger partial charge in [0, 0.05) is 0 Å². The second-order valence-corrected chi connectivity index (χ2v) is 10.1. The van der Waals surface area contributed by atoms with Crippen LogP contribution in [0.3, 0.4) is 0 Å². The molecule has 0 spiro atoms. The molecule has 7 nitrogen and oxygen atoms in total. The van der Waals surface area contributed by atoms with Crippen LogP contribution in [0.25, 0.3) is 0 Å². The number of carbonyl (C=O) groups excluding carboxylic acids is 2. The van der Waals surface area contributed by atoms with E-state index in [1.54, 1.807) is 0 Å². The molecule has 0 aromatic heterocycles. The van der Waals surface area contributed by atoms with E-state index in [1.807, 2.05) is 26.0 Å². The van der Waals surface area contributed by atoms with Crippen LogP contribution >= 0.6 is 0 Å². The number of benzene rings is 1. The minimum absolute atomic E-state index is 0. The van der Waals surface area contributed by atoms with E-state index in [0.717, 1.165) is 82.4 Å². The van der Waals surface area contributed by atoms with Gasteiger partial charge in [0.15, 0.2) is 0 Å². The minimum atomic E-state index is -4.80. The molecule has 0 N–H and O–H groups in total. The summed E-state index contributed by atoms with van der Waals surface area (Å²) in [6.07, 6.45) is 20.1. The molecule has 202 valence electrons. The summed E-state index contributed by atoms with van der Waals surface area (Å²) >= 11 is 0. The van der Waals surface area contributed by atoms with Gasteiger partial charge in [-0.05, 0) is 70.6 Å². The van der Waals surface area contributed by atoms with Crippen molar-refractivity contribution in [2.75, 3.05) is 13.2 Å². The summed E-state index contributed by atoms with van der Waals surface area (Å²) < 4.78 is 44.9. The molecule has 0 saturated carbocycles. The number of ether oxygens (including phenoxy) is 2. The summed E-state index contributed by atoms with van der Waals surface area (Å²) in [6.45, 7) is 4.34. The summed E-state index contributed by atoms with van der Waals surface area (Å²) in [4.78, 5) is 24.6. The summed E-state index contributed by atoms with van der Waals surface area (Å²) in [6, 6.07) is 3.04. The number of hydrogen-bond acceptors (Lipinski definition) is 7. The Morgan fingerprint density at radius 1 is 0.730 bits per heavy atom. The first-order valence-electron chi connectivity index (χ1n) is 13.0. The molecule has 0 bridgehead atoms. The number of allylic oxidation sites excluding steroid dienone is 4. The Morgan fingerprint density at radius 2 is 1.16 bits per heavy atom. The van der Waals surface area contributed by atoms with E-state index in [0.29, 0.717) is 12.8 Å². The second-order valence-electron chi connectivity index (χ2n) is 8.68. The molecule has 0 unspecified atom stereocenters. The fraction of sp³-hybridized carbons (Fsp3) is 0.571. The van der Waals surface area contributed by atoms with E-state index in [-0.39, 0.29) is 75.7 Å². The number of esters is 2. The van der Waals surface area contributed by atoms with Crippen molar-refractivity contribution in [3.8, 4) is 0 Å². The van der Waals surface area contributed by atoms with E-state index in [4.69, 9.17) is 9.47 Å². The van der Waals surface area contributed by atoms with E-state index in [1.165, 1.54) is 0 Å². The predicted molar refractivity (Wildman–Crippen MR) is 140 cm³/mol. The van der Waals surface area contributed by atoms with Crippen molar-refractivity contribution in [3.05, 3.63) is 53.6 Å². The molecule has 0 aliphatic carbocycles. The number of rotatable bonds is 19. The Labute approximate surface area is 265 Å². The third-order valence-electron chi connectivity index (χ3n) is 5.69. The van der Waals surface area contributed by atoms with Gasteiger partial charge >= 0.3 is 63.3 Å². The van der Waals surface area contributed by atoms with E-state index >= 15 is 0 Å². The van der Waals surface area contributed by atoms with Gasteiger partial charge in [-0.25, -0.2) is 18.0 Å². The standard InChI is InChI=1S/C28H42O7S.K/c1-3-5-7-9-11-13-15-17-21-34-27(29)25-20-19-24(36(31,32)33)23-26(25)28(30)35-22-18-16-14-12-10-8-6-4-2;/h3-6,19-20,23H,7-18,21-22H2,1-2H3,(H,31,32,33);/q;+1/p-1/b5-3+,6-4+;. The zero-order valence-electron chi connectivity index (χ0n) is 22.7. The Hall–Kier alpha value is -0.814. The van der Waals surface area contributed by atoms with Crippen LogP contribution in [0.5, 0.6) is 0 Å². The third-order valence-corrected chi connectivity index (χ3v) is 6.52. The molecule has 0 saturated heterocycles. The molecule has 0 radical (unpaired) electrons. The molecular weight excluding hydrogens is 519 g/mol. The topological polar surface area (TPSA) is 110 Å². The van der Waals surface area contributed by atoms with Crippen LogP contribution in [-0.2, 0) is 19.6 Å². The summed E-state index contributed by atoms with van der Waals surface area (Å²) in [7, 11) is -4.80. The van der Waals surface area contributed by atoms with Crippen LogP contribution in [0.4, 0.5) is 0 Å². The number of unbranched alkanes of at least 4 members (excludes halogenated alkanes) is 10. The van der Waals surface area contributed by atoms with E-state index in [9.17, 15) is 22.6 Å². The zero-order valence-corrected chi connectivity index (χ0v) is 26.6. The fourth-order valence-electron chi connectivity index (χ4n) is 3.63. The van der Waals surface area contributed by atoms with Crippen LogP contribution in [0, 0.1) is 0 Å². The maximum atomic E-state index is 12.6. The molecule has 0 aliphatic heterocycles. The Balaban J connectivity index is 0.0000130. The summed E-state index contributed by atoms with van der Waals surface area (Å²) in [5, 5.41) is 0. The van der Waals surface area contributed by atoms with Gasteiger partial charge in [0.05, 0.1) is 29.2 Å². The first-order chi connectivity index (χ1) is 17.3. The first-order valence-corrected chi connectivity index (χ1v) is 14.4. The zero-order chi connectivity index (χ0) is 26.7. The third kappa shape index (κ3) is 16.7. The van der Waals surface area contributed by atoms with Crippen LogP contribution in [0.15, 0.2) is 47.4 Å². The van der Waals surface area contributed by atoms with E-state index < -0.39 is 27.0 Å². The fourth-order valence-corrected chi connectivity index (χ4v) is 4.13. The molecule has 37 heavy (non-hydrogen) atoms.